The fourth-order valence-corrected chi connectivity index (χ4v) is 3.09. The number of carbonyl (C=O) groups excluding carboxylic acids is 2. The van der Waals surface area contributed by atoms with Gasteiger partial charge in [0.2, 0.25) is 11.8 Å². The van der Waals surface area contributed by atoms with Gasteiger partial charge in [-0.2, -0.15) is 0 Å². The second-order valence-corrected chi connectivity index (χ2v) is 7.03. The minimum Gasteiger partial charge on any atom is -0.494 e. The molecule has 1 saturated heterocycles. The number of nitrogens with zero attached hydrogens (tertiary/aromatic N) is 1. The Morgan fingerprint density at radius 2 is 1.89 bits per heavy atom. The van der Waals surface area contributed by atoms with Crippen LogP contribution in [0.15, 0.2) is 48.5 Å². The molecule has 0 bridgehead atoms. The van der Waals surface area contributed by atoms with E-state index in [1.807, 2.05) is 24.3 Å². The van der Waals surface area contributed by atoms with E-state index in [2.05, 4.69) is 12.2 Å². The number of unbranched alkanes of at least 4 members (excludes halogenated alkanes) is 1. The highest BCUT2D eigenvalue weighted by Gasteiger charge is 2.35. The number of carbonyl (C=O) groups is 2. The molecule has 0 spiro atoms. The van der Waals surface area contributed by atoms with E-state index in [-0.39, 0.29) is 24.2 Å². The van der Waals surface area contributed by atoms with Gasteiger partial charge in [-0.25, -0.2) is 0 Å². The van der Waals surface area contributed by atoms with Crippen molar-refractivity contribution < 1.29 is 14.3 Å². The number of nitrogens with one attached hydrogen (secondary N) is 1. The van der Waals surface area contributed by atoms with Gasteiger partial charge in [0, 0.05) is 29.4 Å². The van der Waals surface area contributed by atoms with Crippen LogP contribution in [0, 0.1) is 5.92 Å². The van der Waals surface area contributed by atoms with Crippen molar-refractivity contribution in [3.63, 3.8) is 0 Å². The lowest BCUT2D eigenvalue weighted by atomic mass is 10.1. The first-order valence-corrected chi connectivity index (χ1v) is 9.54. The van der Waals surface area contributed by atoms with Crippen molar-refractivity contribution in [3.8, 4) is 5.75 Å². The van der Waals surface area contributed by atoms with E-state index < -0.39 is 0 Å². The highest BCUT2D eigenvalue weighted by Crippen LogP contribution is 2.27. The molecular weight excluding hydrogens is 364 g/mol. The van der Waals surface area contributed by atoms with Crippen LogP contribution in [0.2, 0.25) is 5.02 Å². The van der Waals surface area contributed by atoms with Gasteiger partial charge in [-0.1, -0.05) is 24.9 Å². The Hall–Kier alpha value is -2.53. The Balaban J connectivity index is 1.57. The lowest BCUT2D eigenvalue weighted by Gasteiger charge is -2.17. The first-order chi connectivity index (χ1) is 13.1. The number of halogens is 1. The summed E-state index contributed by atoms with van der Waals surface area (Å²) >= 11 is 5.89. The van der Waals surface area contributed by atoms with Crippen molar-refractivity contribution in [1.82, 2.24) is 0 Å². The van der Waals surface area contributed by atoms with Crippen molar-refractivity contribution in [2.45, 2.75) is 26.2 Å². The van der Waals surface area contributed by atoms with Crippen molar-refractivity contribution in [3.05, 3.63) is 53.6 Å². The molecule has 0 radical (unpaired) electrons. The largest absolute Gasteiger partial charge is 0.494 e. The Morgan fingerprint density at radius 3 is 2.56 bits per heavy atom. The number of ether oxygens (including phenoxy) is 1. The van der Waals surface area contributed by atoms with E-state index in [1.54, 1.807) is 29.2 Å². The van der Waals surface area contributed by atoms with Gasteiger partial charge in [-0.05, 0) is 55.0 Å². The number of benzene rings is 2. The van der Waals surface area contributed by atoms with E-state index in [4.69, 9.17) is 16.3 Å². The fourth-order valence-electron chi connectivity index (χ4n) is 2.97. The minimum atomic E-state index is -0.381. The normalized spacial score (nSPS) is 16.4. The Morgan fingerprint density at radius 1 is 1.19 bits per heavy atom. The highest BCUT2D eigenvalue weighted by molar-refractivity contribution is 6.30. The molecule has 0 saturated carbocycles. The van der Waals surface area contributed by atoms with E-state index in [1.165, 1.54) is 0 Å². The van der Waals surface area contributed by atoms with Gasteiger partial charge in [0.1, 0.15) is 5.75 Å². The predicted octanol–water partition coefficient (Wildman–Crippen LogP) is 4.51. The van der Waals surface area contributed by atoms with Crippen LogP contribution in [-0.2, 0) is 9.59 Å². The molecule has 2 amide bonds. The molecule has 2 aromatic rings. The monoisotopic (exact) mass is 386 g/mol. The molecule has 0 unspecified atom stereocenters. The van der Waals surface area contributed by atoms with Crippen LogP contribution < -0.4 is 15.0 Å². The van der Waals surface area contributed by atoms with Gasteiger partial charge < -0.3 is 15.0 Å². The summed E-state index contributed by atoms with van der Waals surface area (Å²) in [7, 11) is 0. The number of anilines is 2. The molecule has 27 heavy (non-hydrogen) atoms. The number of rotatable bonds is 7. The summed E-state index contributed by atoms with van der Waals surface area (Å²) in [5, 5.41) is 3.50. The smallest absolute Gasteiger partial charge is 0.229 e. The third-order valence-corrected chi connectivity index (χ3v) is 4.77. The van der Waals surface area contributed by atoms with E-state index in [9.17, 15) is 9.59 Å². The minimum absolute atomic E-state index is 0.0582. The fraction of sp³-hybridized carbons (Fsp3) is 0.333. The summed E-state index contributed by atoms with van der Waals surface area (Å²) in [5.41, 5.74) is 1.45. The molecule has 1 aliphatic heterocycles. The SMILES string of the molecule is CCCCOc1ccc(NC(=O)[C@@H]2CC(=O)N(c3ccc(Cl)cc3)C2)cc1. The summed E-state index contributed by atoms with van der Waals surface area (Å²) in [6.07, 6.45) is 2.30. The van der Waals surface area contributed by atoms with Crippen molar-refractivity contribution in [1.29, 1.82) is 0 Å². The van der Waals surface area contributed by atoms with Crippen LogP contribution in [-0.4, -0.2) is 25.0 Å². The Bertz CT molecular complexity index is 790. The highest BCUT2D eigenvalue weighted by atomic mass is 35.5. The molecular formula is C21H23ClN2O3. The standard InChI is InChI=1S/C21H23ClN2O3/c1-2-3-12-27-19-10-6-17(7-11-19)23-21(26)15-13-20(25)24(14-15)18-8-4-16(22)5-9-18/h4-11,15H,2-3,12-14H2,1H3,(H,23,26)/t15-/m1/s1. The van der Waals surface area contributed by atoms with E-state index >= 15 is 0 Å². The van der Waals surface area contributed by atoms with Crippen LogP contribution in [0.3, 0.4) is 0 Å². The second-order valence-electron chi connectivity index (χ2n) is 6.60. The van der Waals surface area contributed by atoms with Crippen LogP contribution in [0.1, 0.15) is 26.2 Å². The molecule has 5 nitrogen and oxygen atoms in total. The summed E-state index contributed by atoms with van der Waals surface area (Å²) < 4.78 is 5.62. The third-order valence-electron chi connectivity index (χ3n) is 4.52. The molecule has 0 aromatic heterocycles. The van der Waals surface area contributed by atoms with Gasteiger partial charge >= 0.3 is 0 Å². The third kappa shape index (κ3) is 5.01. The molecule has 1 N–H and O–H groups in total. The van der Waals surface area contributed by atoms with Gasteiger partial charge in [-0.3, -0.25) is 9.59 Å². The second kappa shape index (κ2) is 8.91. The average Bonchev–Trinajstić information content (AvgIpc) is 3.06. The van der Waals surface area contributed by atoms with Crippen LogP contribution >= 0.6 is 11.6 Å². The van der Waals surface area contributed by atoms with E-state index in [0.29, 0.717) is 23.9 Å². The quantitative estimate of drug-likeness (QED) is 0.712. The Labute approximate surface area is 164 Å². The van der Waals surface area contributed by atoms with Gasteiger partial charge in [0.15, 0.2) is 0 Å². The molecule has 1 atom stereocenters. The average molecular weight is 387 g/mol. The summed E-state index contributed by atoms with van der Waals surface area (Å²) in [5.74, 6) is 0.191. The maximum atomic E-state index is 12.5. The first kappa shape index (κ1) is 19.2. The summed E-state index contributed by atoms with van der Waals surface area (Å²) in [6.45, 7) is 3.17. The molecule has 0 aliphatic carbocycles. The van der Waals surface area contributed by atoms with Crippen molar-refractivity contribution >= 4 is 34.8 Å². The number of amides is 2. The van der Waals surface area contributed by atoms with Crippen molar-refractivity contribution in [2.75, 3.05) is 23.4 Å². The lowest BCUT2D eigenvalue weighted by Crippen LogP contribution is -2.28. The lowest BCUT2D eigenvalue weighted by molar-refractivity contribution is -0.122. The maximum absolute atomic E-state index is 12.5. The first-order valence-electron chi connectivity index (χ1n) is 9.16. The van der Waals surface area contributed by atoms with E-state index in [0.717, 1.165) is 24.3 Å². The molecule has 3 rings (SSSR count). The topological polar surface area (TPSA) is 58.6 Å². The van der Waals surface area contributed by atoms with Crippen LogP contribution in [0.4, 0.5) is 11.4 Å². The molecule has 2 aromatic carbocycles. The van der Waals surface area contributed by atoms with Gasteiger partial charge in [0.25, 0.3) is 0 Å². The molecule has 142 valence electrons. The molecule has 1 fully saturated rings. The molecule has 1 heterocycles. The number of hydrogen-bond donors (Lipinski definition) is 1. The van der Waals surface area contributed by atoms with Gasteiger partial charge in [-0.15, -0.1) is 0 Å². The summed E-state index contributed by atoms with van der Waals surface area (Å²) in [4.78, 5) is 26.5. The van der Waals surface area contributed by atoms with Gasteiger partial charge in [0.05, 0.1) is 12.5 Å². The predicted molar refractivity (Wildman–Crippen MR) is 107 cm³/mol. The van der Waals surface area contributed by atoms with Crippen molar-refractivity contribution in [2.24, 2.45) is 5.92 Å². The summed E-state index contributed by atoms with van der Waals surface area (Å²) in [6, 6.07) is 14.4. The zero-order chi connectivity index (χ0) is 19.2. The number of hydrogen-bond acceptors (Lipinski definition) is 3. The molecule has 1 aliphatic rings. The Kier molecular flexibility index (Phi) is 6.35. The molecule has 6 heteroatoms. The van der Waals surface area contributed by atoms with Crippen LogP contribution in [0.25, 0.3) is 0 Å². The zero-order valence-corrected chi connectivity index (χ0v) is 16.0. The maximum Gasteiger partial charge on any atom is 0.229 e. The van der Waals surface area contributed by atoms with Crippen LogP contribution in [0.5, 0.6) is 5.75 Å². The zero-order valence-electron chi connectivity index (χ0n) is 15.3.